The number of benzene rings is 3. The summed E-state index contributed by atoms with van der Waals surface area (Å²) < 4.78 is 0. The first-order valence-electron chi connectivity index (χ1n) is 8.16. The molecule has 0 amide bonds. The van der Waals surface area contributed by atoms with Crippen molar-refractivity contribution in [2.75, 3.05) is 0 Å². The van der Waals surface area contributed by atoms with Crippen LogP contribution < -0.4 is 5.19 Å². The molecule has 0 aliphatic carbocycles. The first-order valence-corrected chi connectivity index (χ1v) is 10.8. The summed E-state index contributed by atoms with van der Waals surface area (Å²) in [5.41, 5.74) is 0. The summed E-state index contributed by atoms with van der Waals surface area (Å²) in [6.45, 7) is 7.14. The number of rotatable bonds is 4. The molecule has 0 atom stereocenters. The second kappa shape index (κ2) is 5.65. The average molecular weight is 292 g/mol. The van der Waals surface area contributed by atoms with Gasteiger partial charge in [-0.1, -0.05) is 98.7 Å². The molecule has 0 aliphatic rings. The van der Waals surface area contributed by atoms with Gasteiger partial charge in [0, 0.05) is 0 Å². The van der Waals surface area contributed by atoms with Crippen LogP contribution in [0.1, 0.15) is 20.8 Å². The zero-order chi connectivity index (χ0) is 14.9. The lowest BCUT2D eigenvalue weighted by molar-refractivity contribution is 1.20. The predicted octanol–water partition coefficient (Wildman–Crippen LogP) is 5.71. The Labute approximate surface area is 128 Å². The van der Waals surface area contributed by atoms with Gasteiger partial charge in [0.15, 0.2) is 0 Å². The third-order valence-electron chi connectivity index (χ3n) is 5.39. The quantitative estimate of drug-likeness (QED) is 0.427. The molecule has 3 aromatic rings. The fraction of sp³-hybridized carbons (Fsp3) is 0.300. The predicted molar refractivity (Wildman–Crippen MR) is 98.3 cm³/mol. The number of fused-ring (bicyclic) bond motifs is 3. The van der Waals surface area contributed by atoms with Gasteiger partial charge in [0.25, 0.3) is 0 Å². The molecule has 21 heavy (non-hydrogen) atoms. The van der Waals surface area contributed by atoms with Crippen molar-refractivity contribution >= 4 is 34.8 Å². The zero-order valence-electron chi connectivity index (χ0n) is 13.3. The number of hydrogen-bond donors (Lipinski definition) is 0. The van der Waals surface area contributed by atoms with Crippen LogP contribution in [0.4, 0.5) is 0 Å². The Kier molecular flexibility index (Phi) is 3.86. The standard InChI is InChI=1S/C20H24Si/c1-4-21(5-2,6-3)18-13-14-20-17(15-18)12-11-16-9-7-8-10-19(16)20/h7-15H,4-6H2,1-3H3. The van der Waals surface area contributed by atoms with Crippen molar-refractivity contribution in [3.63, 3.8) is 0 Å². The molecule has 0 heterocycles. The van der Waals surface area contributed by atoms with Crippen molar-refractivity contribution in [3.05, 3.63) is 54.6 Å². The van der Waals surface area contributed by atoms with E-state index in [1.165, 1.54) is 39.7 Å². The molecular weight excluding hydrogens is 268 g/mol. The minimum Gasteiger partial charge on any atom is -0.0675 e. The third-order valence-corrected chi connectivity index (χ3v) is 11.0. The van der Waals surface area contributed by atoms with Crippen LogP contribution in [-0.4, -0.2) is 8.07 Å². The van der Waals surface area contributed by atoms with Gasteiger partial charge >= 0.3 is 0 Å². The molecule has 3 aromatic carbocycles. The largest absolute Gasteiger partial charge is 0.0859 e. The second-order valence-corrected chi connectivity index (χ2v) is 11.3. The van der Waals surface area contributed by atoms with Crippen molar-refractivity contribution in [2.45, 2.75) is 38.9 Å². The Morgan fingerprint density at radius 1 is 0.667 bits per heavy atom. The third kappa shape index (κ3) is 2.30. The van der Waals surface area contributed by atoms with E-state index in [4.69, 9.17) is 0 Å². The molecule has 0 aromatic heterocycles. The highest BCUT2D eigenvalue weighted by atomic mass is 28.3. The molecule has 1 heteroatoms. The Morgan fingerprint density at radius 2 is 1.29 bits per heavy atom. The lowest BCUT2D eigenvalue weighted by Crippen LogP contribution is -2.45. The van der Waals surface area contributed by atoms with Crippen LogP contribution >= 0.6 is 0 Å². The van der Waals surface area contributed by atoms with Crippen LogP contribution in [0.15, 0.2) is 54.6 Å². The van der Waals surface area contributed by atoms with Crippen LogP contribution in [-0.2, 0) is 0 Å². The van der Waals surface area contributed by atoms with Crippen molar-refractivity contribution in [1.82, 2.24) is 0 Å². The Bertz CT molecular complexity index is 761. The summed E-state index contributed by atoms with van der Waals surface area (Å²) in [5.74, 6) is 0. The Morgan fingerprint density at radius 3 is 2.00 bits per heavy atom. The molecule has 0 spiro atoms. The Balaban J connectivity index is 2.24. The van der Waals surface area contributed by atoms with Gasteiger partial charge in [-0.05, 0) is 21.5 Å². The van der Waals surface area contributed by atoms with E-state index in [1.54, 1.807) is 5.19 Å². The van der Waals surface area contributed by atoms with E-state index in [1.807, 2.05) is 0 Å². The normalized spacial score (nSPS) is 12.1. The molecule has 0 N–H and O–H groups in total. The maximum absolute atomic E-state index is 2.48. The first kappa shape index (κ1) is 14.3. The van der Waals surface area contributed by atoms with Gasteiger partial charge in [-0.2, -0.15) is 0 Å². The van der Waals surface area contributed by atoms with Gasteiger partial charge < -0.3 is 0 Å². The molecule has 0 unspecified atom stereocenters. The SMILES string of the molecule is CC[Si](CC)(CC)c1ccc2c(ccc3ccccc32)c1. The van der Waals surface area contributed by atoms with Gasteiger partial charge in [0.05, 0.1) is 8.07 Å². The highest BCUT2D eigenvalue weighted by Crippen LogP contribution is 2.27. The monoisotopic (exact) mass is 292 g/mol. The van der Waals surface area contributed by atoms with E-state index in [-0.39, 0.29) is 0 Å². The summed E-state index contributed by atoms with van der Waals surface area (Å²) >= 11 is 0. The van der Waals surface area contributed by atoms with Crippen molar-refractivity contribution < 1.29 is 0 Å². The highest BCUT2D eigenvalue weighted by molar-refractivity contribution is 6.91. The minimum atomic E-state index is -1.28. The highest BCUT2D eigenvalue weighted by Gasteiger charge is 2.29. The van der Waals surface area contributed by atoms with Crippen LogP contribution in [0.3, 0.4) is 0 Å². The van der Waals surface area contributed by atoms with E-state index in [2.05, 4.69) is 75.4 Å². The van der Waals surface area contributed by atoms with Crippen molar-refractivity contribution in [3.8, 4) is 0 Å². The van der Waals surface area contributed by atoms with Crippen LogP contribution in [0, 0.1) is 0 Å². The molecule has 0 bridgehead atoms. The topological polar surface area (TPSA) is 0 Å². The maximum atomic E-state index is 2.48. The van der Waals surface area contributed by atoms with Crippen LogP contribution in [0.5, 0.6) is 0 Å². The van der Waals surface area contributed by atoms with Crippen molar-refractivity contribution in [1.29, 1.82) is 0 Å². The fourth-order valence-corrected chi connectivity index (χ4v) is 7.33. The molecule has 0 saturated carbocycles. The maximum Gasteiger partial charge on any atom is 0.0859 e. The molecule has 3 rings (SSSR count). The van der Waals surface area contributed by atoms with E-state index >= 15 is 0 Å². The van der Waals surface area contributed by atoms with Crippen LogP contribution in [0.2, 0.25) is 18.1 Å². The number of hydrogen-bond acceptors (Lipinski definition) is 0. The van der Waals surface area contributed by atoms with Gasteiger partial charge in [-0.15, -0.1) is 0 Å². The second-order valence-electron chi connectivity index (χ2n) is 6.06. The van der Waals surface area contributed by atoms with E-state index in [0.717, 1.165) is 0 Å². The summed E-state index contributed by atoms with van der Waals surface area (Å²) in [6.07, 6.45) is 0. The molecule has 0 aliphatic heterocycles. The lowest BCUT2D eigenvalue weighted by Gasteiger charge is -2.29. The first-order chi connectivity index (χ1) is 10.2. The average Bonchev–Trinajstić information content (AvgIpc) is 2.56. The summed E-state index contributed by atoms with van der Waals surface area (Å²) in [6, 6.07) is 24.5. The zero-order valence-corrected chi connectivity index (χ0v) is 14.3. The lowest BCUT2D eigenvalue weighted by atomic mass is 10.0. The molecule has 0 nitrogen and oxygen atoms in total. The summed E-state index contributed by atoms with van der Waals surface area (Å²) in [4.78, 5) is 0. The van der Waals surface area contributed by atoms with Gasteiger partial charge in [0.1, 0.15) is 0 Å². The van der Waals surface area contributed by atoms with Crippen LogP contribution in [0.25, 0.3) is 21.5 Å². The van der Waals surface area contributed by atoms with Gasteiger partial charge in [-0.25, -0.2) is 0 Å². The molecular formula is C20H24Si. The minimum absolute atomic E-state index is 1.28. The molecule has 0 saturated heterocycles. The van der Waals surface area contributed by atoms with Crippen molar-refractivity contribution in [2.24, 2.45) is 0 Å². The summed E-state index contributed by atoms with van der Waals surface area (Å²) in [5, 5.41) is 7.14. The molecule has 108 valence electrons. The van der Waals surface area contributed by atoms with E-state index < -0.39 is 8.07 Å². The van der Waals surface area contributed by atoms with Gasteiger partial charge in [-0.3, -0.25) is 0 Å². The van der Waals surface area contributed by atoms with E-state index in [9.17, 15) is 0 Å². The molecule has 0 radical (unpaired) electrons. The van der Waals surface area contributed by atoms with E-state index in [0.29, 0.717) is 0 Å². The molecule has 0 fully saturated rings. The Hall–Kier alpha value is -1.60. The smallest absolute Gasteiger partial charge is 0.0675 e. The van der Waals surface area contributed by atoms with Gasteiger partial charge in [0.2, 0.25) is 0 Å². The fourth-order valence-electron chi connectivity index (χ4n) is 3.71. The summed E-state index contributed by atoms with van der Waals surface area (Å²) in [7, 11) is -1.28.